The van der Waals surface area contributed by atoms with Crippen molar-refractivity contribution in [2.45, 2.75) is 32.2 Å². The number of para-hydroxylation sites is 1. The van der Waals surface area contributed by atoms with Gasteiger partial charge in [0.15, 0.2) is 0 Å². The Hall–Kier alpha value is -1.48. The average Bonchev–Trinajstić information content (AvgIpc) is 2.99. The van der Waals surface area contributed by atoms with Gasteiger partial charge in [-0.05, 0) is 31.4 Å². The summed E-state index contributed by atoms with van der Waals surface area (Å²) in [6.07, 6.45) is 1.70. The number of aryl methyl sites for hydroxylation is 1. The number of benzene rings is 1. The molecule has 0 bridgehead atoms. The number of carbonyl (C=O) groups excluding carboxylic acids is 1. The zero-order valence-electron chi connectivity index (χ0n) is 14.1. The lowest BCUT2D eigenvalue weighted by atomic mass is 10.2. The minimum Gasteiger partial charge on any atom is -0.383 e. The van der Waals surface area contributed by atoms with E-state index in [-0.39, 0.29) is 24.9 Å². The third-order valence-electron chi connectivity index (χ3n) is 4.05. The summed E-state index contributed by atoms with van der Waals surface area (Å²) in [7, 11) is -2.02. The average molecular weight is 355 g/mol. The van der Waals surface area contributed by atoms with Crippen molar-refractivity contribution < 1.29 is 17.9 Å². The van der Waals surface area contributed by atoms with Gasteiger partial charge in [-0.3, -0.25) is 4.79 Å². The van der Waals surface area contributed by atoms with Crippen LogP contribution in [0.2, 0.25) is 0 Å². The number of anilines is 1. The zero-order valence-corrected chi connectivity index (χ0v) is 14.9. The van der Waals surface area contributed by atoms with Gasteiger partial charge >= 0.3 is 0 Å². The van der Waals surface area contributed by atoms with Crippen LogP contribution in [0.15, 0.2) is 24.3 Å². The fourth-order valence-corrected chi connectivity index (χ4v) is 4.24. The molecule has 8 heteroatoms. The highest BCUT2D eigenvalue weighted by atomic mass is 32.2. The Morgan fingerprint density at radius 3 is 2.83 bits per heavy atom. The van der Waals surface area contributed by atoms with Crippen LogP contribution in [-0.4, -0.2) is 51.5 Å². The molecule has 134 valence electrons. The minimum absolute atomic E-state index is 0.0657. The summed E-state index contributed by atoms with van der Waals surface area (Å²) < 4.78 is 33.7. The molecule has 1 aliphatic heterocycles. The monoisotopic (exact) mass is 355 g/mol. The highest BCUT2D eigenvalue weighted by Crippen LogP contribution is 2.20. The lowest BCUT2D eigenvalue weighted by molar-refractivity contribution is -0.116. The van der Waals surface area contributed by atoms with Crippen LogP contribution in [0.25, 0.3) is 0 Å². The molecule has 2 rings (SSSR count). The Balaban J connectivity index is 1.82. The summed E-state index contributed by atoms with van der Waals surface area (Å²) in [6.45, 7) is 2.84. The normalized spacial score (nSPS) is 18.7. The van der Waals surface area contributed by atoms with Crippen molar-refractivity contribution in [2.75, 3.05) is 32.1 Å². The first-order chi connectivity index (χ1) is 11.4. The Bertz CT molecular complexity index is 663. The summed E-state index contributed by atoms with van der Waals surface area (Å²) in [4.78, 5) is 12.0. The van der Waals surface area contributed by atoms with Crippen molar-refractivity contribution in [3.05, 3.63) is 29.8 Å². The van der Waals surface area contributed by atoms with Crippen molar-refractivity contribution in [2.24, 2.45) is 0 Å². The molecule has 0 radical (unpaired) electrons. The number of nitrogens with zero attached hydrogens (tertiary/aromatic N) is 1. The molecule has 2 N–H and O–H groups in total. The van der Waals surface area contributed by atoms with Gasteiger partial charge in [-0.25, -0.2) is 4.72 Å². The van der Waals surface area contributed by atoms with Gasteiger partial charge in [0.1, 0.15) is 0 Å². The minimum atomic E-state index is -3.58. The van der Waals surface area contributed by atoms with Crippen LogP contribution in [0.4, 0.5) is 5.69 Å². The van der Waals surface area contributed by atoms with Crippen LogP contribution in [0.5, 0.6) is 0 Å². The first-order valence-electron chi connectivity index (χ1n) is 8.05. The fourth-order valence-electron chi connectivity index (χ4n) is 2.79. The molecule has 7 nitrogen and oxygen atoms in total. The Kier molecular flexibility index (Phi) is 6.73. The molecule has 0 aliphatic carbocycles. The summed E-state index contributed by atoms with van der Waals surface area (Å²) in [5.41, 5.74) is 1.70. The number of nitrogens with one attached hydrogen (secondary N) is 2. The number of hydrogen-bond donors (Lipinski definition) is 2. The smallest absolute Gasteiger partial charge is 0.279 e. The molecule has 0 aromatic heterocycles. The van der Waals surface area contributed by atoms with E-state index in [1.165, 1.54) is 4.31 Å². The predicted octanol–water partition coefficient (Wildman–Crippen LogP) is 1.27. The highest BCUT2D eigenvalue weighted by molar-refractivity contribution is 7.87. The SMILES string of the molecule is COC[C@H]1CCCN1S(=O)(=O)NCCC(=O)Nc1ccccc1C. The maximum atomic E-state index is 12.3. The summed E-state index contributed by atoms with van der Waals surface area (Å²) in [6, 6.07) is 7.33. The van der Waals surface area contributed by atoms with Crippen LogP contribution in [0.1, 0.15) is 24.8 Å². The molecule has 1 aromatic rings. The van der Waals surface area contributed by atoms with Crippen LogP contribution >= 0.6 is 0 Å². The molecule has 0 saturated carbocycles. The number of methoxy groups -OCH3 is 1. The lowest BCUT2D eigenvalue weighted by Crippen LogP contribution is -2.45. The van der Waals surface area contributed by atoms with Crippen LogP contribution in [0, 0.1) is 6.92 Å². The third-order valence-corrected chi connectivity index (χ3v) is 5.71. The van der Waals surface area contributed by atoms with E-state index in [0.29, 0.717) is 13.2 Å². The molecule has 1 saturated heterocycles. The first-order valence-corrected chi connectivity index (χ1v) is 9.49. The van der Waals surface area contributed by atoms with Gasteiger partial charge in [0.05, 0.1) is 6.61 Å². The fraction of sp³-hybridized carbons (Fsp3) is 0.562. The molecule has 0 spiro atoms. The second-order valence-corrected chi connectivity index (χ2v) is 7.58. The van der Waals surface area contributed by atoms with E-state index >= 15 is 0 Å². The zero-order chi connectivity index (χ0) is 17.6. The van der Waals surface area contributed by atoms with Crippen LogP contribution in [-0.2, 0) is 19.7 Å². The van der Waals surface area contributed by atoms with Crippen molar-refractivity contribution in [3.63, 3.8) is 0 Å². The quantitative estimate of drug-likeness (QED) is 0.735. The molecular weight excluding hydrogens is 330 g/mol. The van der Waals surface area contributed by atoms with Gasteiger partial charge < -0.3 is 10.1 Å². The molecule has 1 fully saturated rings. The maximum Gasteiger partial charge on any atom is 0.279 e. The molecule has 0 unspecified atom stereocenters. The van der Waals surface area contributed by atoms with Gasteiger partial charge in [-0.2, -0.15) is 12.7 Å². The topological polar surface area (TPSA) is 87.7 Å². The van der Waals surface area contributed by atoms with Crippen molar-refractivity contribution >= 4 is 21.8 Å². The van der Waals surface area contributed by atoms with Gasteiger partial charge in [-0.15, -0.1) is 0 Å². The Morgan fingerprint density at radius 1 is 1.38 bits per heavy atom. The second kappa shape index (κ2) is 8.57. The molecule has 24 heavy (non-hydrogen) atoms. The van der Waals surface area contributed by atoms with Crippen molar-refractivity contribution in [1.29, 1.82) is 0 Å². The second-order valence-electron chi connectivity index (χ2n) is 5.87. The van der Waals surface area contributed by atoms with Gasteiger partial charge in [-0.1, -0.05) is 18.2 Å². The standard InChI is InChI=1S/C16H25N3O4S/c1-13-6-3-4-8-15(13)18-16(20)9-10-17-24(21,22)19-11-5-7-14(19)12-23-2/h3-4,6,8,14,17H,5,7,9-12H2,1-2H3,(H,18,20)/t14-/m1/s1. The van der Waals surface area contributed by atoms with Gasteiger partial charge in [0, 0.05) is 38.3 Å². The summed E-state index contributed by atoms with van der Waals surface area (Å²) >= 11 is 0. The van der Waals surface area contributed by atoms with Gasteiger partial charge in [0.2, 0.25) is 5.91 Å². The van der Waals surface area contributed by atoms with Gasteiger partial charge in [0.25, 0.3) is 10.2 Å². The summed E-state index contributed by atoms with van der Waals surface area (Å²) in [5.74, 6) is -0.220. The van der Waals surface area contributed by atoms with E-state index in [2.05, 4.69) is 10.0 Å². The van der Waals surface area contributed by atoms with Crippen LogP contribution < -0.4 is 10.0 Å². The molecule has 1 atom stereocenters. The van der Waals surface area contributed by atoms with E-state index in [4.69, 9.17) is 4.74 Å². The molecular formula is C16H25N3O4S. The van der Waals surface area contributed by atoms with E-state index in [9.17, 15) is 13.2 Å². The highest BCUT2D eigenvalue weighted by Gasteiger charge is 2.33. The van der Waals surface area contributed by atoms with Crippen molar-refractivity contribution in [1.82, 2.24) is 9.03 Å². The van der Waals surface area contributed by atoms with E-state index < -0.39 is 10.2 Å². The molecule has 1 heterocycles. The predicted molar refractivity (Wildman–Crippen MR) is 93.0 cm³/mol. The van der Waals surface area contributed by atoms with E-state index in [1.54, 1.807) is 7.11 Å². The largest absolute Gasteiger partial charge is 0.383 e. The molecule has 1 aromatic carbocycles. The van der Waals surface area contributed by atoms with Crippen LogP contribution in [0.3, 0.4) is 0 Å². The number of amides is 1. The molecule has 1 aliphatic rings. The number of ether oxygens (including phenoxy) is 1. The summed E-state index contributed by atoms with van der Waals surface area (Å²) in [5, 5.41) is 2.79. The number of hydrogen-bond acceptors (Lipinski definition) is 4. The lowest BCUT2D eigenvalue weighted by Gasteiger charge is -2.23. The first kappa shape index (κ1) is 18.9. The Labute approximate surface area is 143 Å². The molecule has 1 amide bonds. The van der Waals surface area contributed by atoms with Crippen molar-refractivity contribution in [3.8, 4) is 0 Å². The number of rotatable bonds is 8. The Morgan fingerprint density at radius 2 is 2.12 bits per heavy atom. The number of carbonyl (C=O) groups is 1. The van der Waals surface area contributed by atoms with E-state index in [1.807, 2.05) is 31.2 Å². The third kappa shape index (κ3) is 5.01. The maximum absolute atomic E-state index is 12.3. The van der Waals surface area contributed by atoms with E-state index in [0.717, 1.165) is 24.1 Å².